The third kappa shape index (κ3) is 4.70. The predicted octanol–water partition coefficient (Wildman–Crippen LogP) is 1.55. The Hall–Kier alpha value is -1.62. The molecule has 21 heavy (non-hydrogen) atoms. The highest BCUT2D eigenvalue weighted by atomic mass is 16.2. The first-order chi connectivity index (χ1) is 10.1. The summed E-state index contributed by atoms with van der Waals surface area (Å²) in [6, 6.07) is 6.45. The van der Waals surface area contributed by atoms with Crippen molar-refractivity contribution < 1.29 is 4.79 Å². The van der Waals surface area contributed by atoms with Crippen LogP contribution in [0.4, 0.5) is 5.82 Å². The van der Waals surface area contributed by atoms with Crippen LogP contribution >= 0.6 is 0 Å². The van der Waals surface area contributed by atoms with E-state index in [2.05, 4.69) is 20.5 Å². The molecule has 1 saturated heterocycles. The summed E-state index contributed by atoms with van der Waals surface area (Å²) in [4.78, 5) is 18.6. The second kappa shape index (κ2) is 7.41. The van der Waals surface area contributed by atoms with Gasteiger partial charge in [0, 0.05) is 31.4 Å². The Morgan fingerprint density at radius 3 is 2.57 bits per heavy atom. The number of anilines is 1. The standard InChI is InChI=1S/C16H26N4O/c1-12(2)18-16(21)13(3)19-14-7-10-20(11-8-14)15-6-4-5-9-17-15/h4-6,9,12-14,19H,7-8,10-11H2,1-3H3,(H,18,21). The largest absolute Gasteiger partial charge is 0.357 e. The first-order valence-electron chi connectivity index (χ1n) is 7.78. The molecule has 0 saturated carbocycles. The summed E-state index contributed by atoms with van der Waals surface area (Å²) < 4.78 is 0. The van der Waals surface area contributed by atoms with Gasteiger partial charge in [-0.1, -0.05) is 6.07 Å². The zero-order valence-corrected chi connectivity index (χ0v) is 13.2. The predicted molar refractivity (Wildman–Crippen MR) is 85.3 cm³/mol. The van der Waals surface area contributed by atoms with Gasteiger partial charge in [-0.3, -0.25) is 4.79 Å². The molecule has 5 heteroatoms. The Bertz CT molecular complexity index is 441. The zero-order chi connectivity index (χ0) is 15.2. The highest BCUT2D eigenvalue weighted by Gasteiger charge is 2.23. The van der Waals surface area contributed by atoms with E-state index in [1.54, 1.807) is 0 Å². The molecule has 1 aliphatic rings. The molecule has 1 unspecified atom stereocenters. The van der Waals surface area contributed by atoms with Crippen LogP contribution in [0.3, 0.4) is 0 Å². The molecule has 5 nitrogen and oxygen atoms in total. The fraction of sp³-hybridized carbons (Fsp3) is 0.625. The van der Waals surface area contributed by atoms with E-state index in [0.717, 1.165) is 31.7 Å². The minimum absolute atomic E-state index is 0.0807. The Morgan fingerprint density at radius 1 is 1.29 bits per heavy atom. The molecule has 1 amide bonds. The molecule has 0 aliphatic carbocycles. The summed E-state index contributed by atoms with van der Waals surface area (Å²) in [5, 5.41) is 6.38. The van der Waals surface area contributed by atoms with Crippen LogP contribution in [-0.4, -0.2) is 42.1 Å². The maximum Gasteiger partial charge on any atom is 0.237 e. The third-order valence-corrected chi connectivity index (χ3v) is 3.78. The van der Waals surface area contributed by atoms with Crippen LogP contribution in [0, 0.1) is 0 Å². The van der Waals surface area contributed by atoms with Gasteiger partial charge in [-0.15, -0.1) is 0 Å². The Balaban J connectivity index is 1.78. The van der Waals surface area contributed by atoms with E-state index in [1.165, 1.54) is 0 Å². The highest BCUT2D eigenvalue weighted by Crippen LogP contribution is 2.17. The van der Waals surface area contributed by atoms with Gasteiger partial charge in [-0.25, -0.2) is 4.98 Å². The summed E-state index contributed by atoms with van der Waals surface area (Å²) in [5.74, 6) is 1.12. The van der Waals surface area contributed by atoms with Crippen molar-refractivity contribution in [1.82, 2.24) is 15.6 Å². The second-order valence-corrected chi connectivity index (χ2v) is 6.00. The van der Waals surface area contributed by atoms with Crippen molar-refractivity contribution in [3.63, 3.8) is 0 Å². The van der Waals surface area contributed by atoms with Gasteiger partial charge in [0.1, 0.15) is 5.82 Å². The Labute approximate surface area is 127 Å². The molecule has 0 aromatic carbocycles. The van der Waals surface area contributed by atoms with E-state index in [1.807, 2.05) is 45.2 Å². The summed E-state index contributed by atoms with van der Waals surface area (Å²) in [5.41, 5.74) is 0. The van der Waals surface area contributed by atoms with E-state index >= 15 is 0 Å². The number of aromatic nitrogens is 1. The molecule has 2 rings (SSSR count). The van der Waals surface area contributed by atoms with Crippen molar-refractivity contribution in [1.29, 1.82) is 0 Å². The van der Waals surface area contributed by atoms with Gasteiger partial charge < -0.3 is 15.5 Å². The van der Waals surface area contributed by atoms with Gasteiger partial charge in [-0.05, 0) is 45.7 Å². The van der Waals surface area contributed by atoms with Gasteiger partial charge >= 0.3 is 0 Å². The average Bonchev–Trinajstić information content (AvgIpc) is 2.48. The average molecular weight is 290 g/mol. The zero-order valence-electron chi connectivity index (χ0n) is 13.2. The van der Waals surface area contributed by atoms with Crippen LogP contribution < -0.4 is 15.5 Å². The van der Waals surface area contributed by atoms with Crippen molar-refractivity contribution >= 4 is 11.7 Å². The monoisotopic (exact) mass is 290 g/mol. The summed E-state index contributed by atoms with van der Waals surface area (Å²) in [6.45, 7) is 7.86. The lowest BCUT2D eigenvalue weighted by Crippen LogP contribution is -2.51. The fourth-order valence-electron chi connectivity index (χ4n) is 2.65. The summed E-state index contributed by atoms with van der Waals surface area (Å²) >= 11 is 0. The van der Waals surface area contributed by atoms with E-state index < -0.39 is 0 Å². The van der Waals surface area contributed by atoms with Crippen molar-refractivity contribution in [2.24, 2.45) is 0 Å². The molecule has 0 spiro atoms. The number of amides is 1. The number of hydrogen-bond acceptors (Lipinski definition) is 4. The quantitative estimate of drug-likeness (QED) is 0.864. The Kier molecular flexibility index (Phi) is 5.56. The van der Waals surface area contributed by atoms with E-state index in [-0.39, 0.29) is 18.0 Å². The molecule has 1 aromatic heterocycles. The van der Waals surface area contributed by atoms with E-state index in [9.17, 15) is 4.79 Å². The van der Waals surface area contributed by atoms with E-state index in [0.29, 0.717) is 6.04 Å². The van der Waals surface area contributed by atoms with Gasteiger partial charge in [0.05, 0.1) is 6.04 Å². The molecule has 116 valence electrons. The third-order valence-electron chi connectivity index (χ3n) is 3.78. The number of carbonyl (C=O) groups is 1. The lowest BCUT2D eigenvalue weighted by atomic mass is 10.0. The normalized spacial score (nSPS) is 17.8. The summed E-state index contributed by atoms with van der Waals surface area (Å²) in [6.07, 6.45) is 3.91. The fourth-order valence-corrected chi connectivity index (χ4v) is 2.65. The number of rotatable bonds is 5. The smallest absolute Gasteiger partial charge is 0.237 e. The molecular weight excluding hydrogens is 264 g/mol. The first kappa shape index (κ1) is 15.8. The number of piperidine rings is 1. The van der Waals surface area contributed by atoms with Crippen molar-refractivity contribution in [3.8, 4) is 0 Å². The van der Waals surface area contributed by atoms with Gasteiger partial charge in [0.25, 0.3) is 0 Å². The molecule has 2 heterocycles. The number of nitrogens with one attached hydrogen (secondary N) is 2. The minimum Gasteiger partial charge on any atom is -0.357 e. The molecule has 1 atom stereocenters. The molecular formula is C16H26N4O. The topological polar surface area (TPSA) is 57.3 Å². The van der Waals surface area contributed by atoms with Crippen LogP contribution in [0.1, 0.15) is 33.6 Å². The SMILES string of the molecule is CC(C)NC(=O)C(C)NC1CCN(c2ccccn2)CC1. The Morgan fingerprint density at radius 2 is 2.00 bits per heavy atom. The molecule has 2 N–H and O–H groups in total. The number of carbonyl (C=O) groups excluding carboxylic acids is 1. The van der Waals surface area contributed by atoms with Crippen LogP contribution in [0.25, 0.3) is 0 Å². The molecule has 0 radical (unpaired) electrons. The maximum absolute atomic E-state index is 11.9. The number of hydrogen-bond donors (Lipinski definition) is 2. The second-order valence-electron chi connectivity index (χ2n) is 6.00. The lowest BCUT2D eigenvalue weighted by Gasteiger charge is -2.34. The lowest BCUT2D eigenvalue weighted by molar-refractivity contribution is -0.123. The number of pyridine rings is 1. The van der Waals surface area contributed by atoms with Crippen molar-refractivity contribution in [3.05, 3.63) is 24.4 Å². The van der Waals surface area contributed by atoms with Gasteiger partial charge in [0.15, 0.2) is 0 Å². The highest BCUT2D eigenvalue weighted by molar-refractivity contribution is 5.81. The van der Waals surface area contributed by atoms with Gasteiger partial charge in [-0.2, -0.15) is 0 Å². The van der Waals surface area contributed by atoms with Crippen LogP contribution in [0.15, 0.2) is 24.4 Å². The van der Waals surface area contributed by atoms with Crippen LogP contribution in [0.2, 0.25) is 0 Å². The van der Waals surface area contributed by atoms with Crippen LogP contribution in [-0.2, 0) is 4.79 Å². The van der Waals surface area contributed by atoms with Crippen molar-refractivity contribution in [2.45, 2.75) is 51.7 Å². The van der Waals surface area contributed by atoms with Crippen LogP contribution in [0.5, 0.6) is 0 Å². The minimum atomic E-state index is -0.140. The molecule has 1 fully saturated rings. The molecule has 1 aliphatic heterocycles. The number of nitrogens with zero attached hydrogens (tertiary/aromatic N) is 2. The van der Waals surface area contributed by atoms with Gasteiger partial charge in [0.2, 0.25) is 5.91 Å². The van der Waals surface area contributed by atoms with E-state index in [4.69, 9.17) is 0 Å². The molecule has 0 bridgehead atoms. The maximum atomic E-state index is 11.9. The van der Waals surface area contributed by atoms with Crippen molar-refractivity contribution in [2.75, 3.05) is 18.0 Å². The molecule has 1 aromatic rings. The first-order valence-corrected chi connectivity index (χ1v) is 7.78. The summed E-state index contributed by atoms with van der Waals surface area (Å²) in [7, 11) is 0.